The van der Waals surface area contributed by atoms with Gasteiger partial charge >= 0.3 is 0 Å². The summed E-state index contributed by atoms with van der Waals surface area (Å²) < 4.78 is 29.3. The normalized spacial score (nSPS) is 11.6. The molecular weight excluding hydrogens is 318 g/mol. The molecule has 1 aromatic carbocycles. The van der Waals surface area contributed by atoms with Gasteiger partial charge in [0.1, 0.15) is 12.4 Å². The van der Waals surface area contributed by atoms with Crippen molar-refractivity contribution in [2.24, 2.45) is 5.73 Å². The van der Waals surface area contributed by atoms with Gasteiger partial charge in [0.25, 0.3) is 0 Å². The molecule has 0 fully saturated rings. The first kappa shape index (κ1) is 15.5. The van der Waals surface area contributed by atoms with Gasteiger partial charge in [-0.3, -0.25) is 0 Å². The molecule has 0 heterocycles. The fraction of sp³-hybridized carbons (Fsp3) is 0.500. The first-order valence-corrected chi connectivity index (χ1v) is 8.33. The van der Waals surface area contributed by atoms with E-state index in [2.05, 4.69) is 15.9 Å². The van der Waals surface area contributed by atoms with Crippen molar-refractivity contribution in [3.8, 4) is 5.75 Å². The highest BCUT2D eigenvalue weighted by Gasteiger charge is 2.11. The zero-order valence-corrected chi connectivity index (χ0v) is 13.0. The molecule has 0 aliphatic heterocycles. The number of aryl methyl sites for hydroxylation is 1. The van der Waals surface area contributed by atoms with Crippen LogP contribution in [0.1, 0.15) is 18.1 Å². The van der Waals surface area contributed by atoms with Crippen molar-refractivity contribution in [1.29, 1.82) is 0 Å². The molecule has 6 heteroatoms. The Bertz CT molecular complexity index is 514. The lowest BCUT2D eigenvalue weighted by molar-refractivity contribution is 0.335. The number of benzene rings is 1. The molecule has 0 saturated heterocycles. The Kier molecular flexibility index (Phi) is 5.62. The first-order valence-electron chi connectivity index (χ1n) is 5.72. The van der Waals surface area contributed by atoms with E-state index in [9.17, 15) is 8.42 Å². The molecule has 1 aromatic rings. The van der Waals surface area contributed by atoms with Crippen molar-refractivity contribution >= 4 is 25.8 Å². The maximum absolute atomic E-state index is 11.4. The molecule has 1 rings (SSSR count). The number of hydrogen-bond acceptors (Lipinski definition) is 4. The Morgan fingerprint density at radius 3 is 2.61 bits per heavy atom. The quantitative estimate of drug-likeness (QED) is 0.863. The van der Waals surface area contributed by atoms with E-state index < -0.39 is 9.84 Å². The van der Waals surface area contributed by atoms with E-state index in [1.165, 1.54) is 0 Å². The number of sulfone groups is 1. The van der Waals surface area contributed by atoms with Crippen LogP contribution in [-0.2, 0) is 16.4 Å². The van der Waals surface area contributed by atoms with Crippen molar-refractivity contribution in [1.82, 2.24) is 0 Å². The molecule has 102 valence electrons. The summed E-state index contributed by atoms with van der Waals surface area (Å²) in [4.78, 5) is 0. The largest absolute Gasteiger partial charge is 0.492 e. The summed E-state index contributed by atoms with van der Waals surface area (Å²) in [6, 6.07) is 3.81. The second kappa shape index (κ2) is 6.54. The summed E-state index contributed by atoms with van der Waals surface area (Å²) in [5.74, 6) is 0.856. The maximum atomic E-state index is 11.4. The van der Waals surface area contributed by atoms with Gasteiger partial charge in [-0.1, -0.05) is 22.9 Å². The molecule has 0 saturated carbocycles. The second-order valence-electron chi connectivity index (χ2n) is 4.00. The number of ether oxygens (including phenoxy) is 1. The van der Waals surface area contributed by atoms with E-state index in [1.54, 1.807) is 6.92 Å². The molecule has 0 aromatic heterocycles. The van der Waals surface area contributed by atoms with Crippen molar-refractivity contribution in [2.75, 3.05) is 18.1 Å². The van der Waals surface area contributed by atoms with Crippen LogP contribution in [0.5, 0.6) is 5.75 Å². The van der Waals surface area contributed by atoms with Crippen molar-refractivity contribution in [2.45, 2.75) is 20.4 Å². The molecule has 4 nitrogen and oxygen atoms in total. The summed E-state index contributed by atoms with van der Waals surface area (Å²) in [5, 5.41) is 0. The van der Waals surface area contributed by atoms with E-state index in [4.69, 9.17) is 10.5 Å². The standard InChI is InChI=1S/C12H18BrNO3S/c1-3-18(15,16)5-4-17-12-9(2)6-11(13)7-10(12)8-14/h6-7H,3-5,8,14H2,1-2H3. The third-order valence-corrected chi connectivity index (χ3v) is 4.74. The molecule has 0 spiro atoms. The van der Waals surface area contributed by atoms with Gasteiger partial charge in [0.15, 0.2) is 9.84 Å². The smallest absolute Gasteiger partial charge is 0.153 e. The monoisotopic (exact) mass is 335 g/mol. The van der Waals surface area contributed by atoms with E-state index in [0.29, 0.717) is 12.3 Å². The van der Waals surface area contributed by atoms with Crippen LogP contribution in [0.25, 0.3) is 0 Å². The average Bonchev–Trinajstić information content (AvgIpc) is 2.31. The van der Waals surface area contributed by atoms with Gasteiger partial charge in [-0.2, -0.15) is 0 Å². The molecule has 2 N–H and O–H groups in total. The number of halogens is 1. The van der Waals surface area contributed by atoms with Crippen molar-refractivity contribution in [3.63, 3.8) is 0 Å². The molecule has 0 unspecified atom stereocenters. The minimum Gasteiger partial charge on any atom is -0.492 e. The Morgan fingerprint density at radius 2 is 2.06 bits per heavy atom. The summed E-state index contributed by atoms with van der Waals surface area (Å²) in [6.45, 7) is 4.06. The van der Waals surface area contributed by atoms with E-state index in [-0.39, 0.29) is 18.1 Å². The van der Waals surface area contributed by atoms with Crippen LogP contribution >= 0.6 is 15.9 Å². The minimum absolute atomic E-state index is 0.0308. The number of nitrogens with two attached hydrogens (primary N) is 1. The Balaban J connectivity index is 2.79. The van der Waals surface area contributed by atoms with Crippen LogP contribution in [0, 0.1) is 6.92 Å². The number of hydrogen-bond donors (Lipinski definition) is 1. The lowest BCUT2D eigenvalue weighted by Crippen LogP contribution is -2.16. The first-order chi connectivity index (χ1) is 8.39. The molecular formula is C12H18BrNO3S. The number of rotatable bonds is 6. The topological polar surface area (TPSA) is 69.4 Å². The lowest BCUT2D eigenvalue weighted by atomic mass is 10.1. The summed E-state index contributed by atoms with van der Waals surface area (Å²) in [5.41, 5.74) is 7.47. The fourth-order valence-corrected chi connectivity index (χ4v) is 2.82. The third kappa shape index (κ3) is 4.26. The minimum atomic E-state index is -3.00. The van der Waals surface area contributed by atoms with Gasteiger partial charge in [-0.15, -0.1) is 0 Å². The molecule has 0 bridgehead atoms. The Labute approximate surface area is 117 Å². The van der Waals surface area contributed by atoms with E-state index in [1.807, 2.05) is 19.1 Å². The summed E-state index contributed by atoms with van der Waals surface area (Å²) >= 11 is 3.39. The van der Waals surface area contributed by atoms with Crippen LogP contribution < -0.4 is 10.5 Å². The molecule has 0 radical (unpaired) electrons. The highest BCUT2D eigenvalue weighted by Crippen LogP contribution is 2.27. The van der Waals surface area contributed by atoms with Crippen LogP contribution in [0.4, 0.5) is 0 Å². The van der Waals surface area contributed by atoms with Gasteiger partial charge in [0.05, 0.1) is 5.75 Å². The van der Waals surface area contributed by atoms with Crippen LogP contribution in [0.15, 0.2) is 16.6 Å². The van der Waals surface area contributed by atoms with Crippen LogP contribution in [0.2, 0.25) is 0 Å². The molecule has 18 heavy (non-hydrogen) atoms. The Morgan fingerprint density at radius 1 is 1.39 bits per heavy atom. The van der Waals surface area contributed by atoms with E-state index in [0.717, 1.165) is 15.6 Å². The summed E-state index contributed by atoms with van der Waals surface area (Å²) in [6.07, 6.45) is 0. The van der Waals surface area contributed by atoms with Gasteiger partial charge in [0.2, 0.25) is 0 Å². The predicted molar refractivity (Wildman–Crippen MR) is 76.6 cm³/mol. The molecule has 0 aliphatic rings. The van der Waals surface area contributed by atoms with Crippen LogP contribution in [0.3, 0.4) is 0 Å². The third-order valence-electron chi connectivity index (χ3n) is 2.62. The SMILES string of the molecule is CCS(=O)(=O)CCOc1c(C)cc(Br)cc1CN. The predicted octanol–water partition coefficient (Wildman–Crippen LogP) is 2.03. The highest BCUT2D eigenvalue weighted by molar-refractivity contribution is 9.10. The van der Waals surface area contributed by atoms with Crippen LogP contribution in [-0.4, -0.2) is 26.5 Å². The second-order valence-corrected chi connectivity index (χ2v) is 7.39. The van der Waals surface area contributed by atoms with Gasteiger partial charge < -0.3 is 10.5 Å². The fourth-order valence-electron chi connectivity index (χ4n) is 1.57. The zero-order chi connectivity index (χ0) is 13.8. The van der Waals surface area contributed by atoms with Crippen molar-refractivity contribution < 1.29 is 13.2 Å². The highest BCUT2D eigenvalue weighted by atomic mass is 79.9. The van der Waals surface area contributed by atoms with Gasteiger partial charge in [-0.25, -0.2) is 8.42 Å². The Hall–Kier alpha value is -0.590. The molecule has 0 atom stereocenters. The average molecular weight is 336 g/mol. The zero-order valence-electron chi connectivity index (χ0n) is 10.6. The van der Waals surface area contributed by atoms with E-state index >= 15 is 0 Å². The van der Waals surface area contributed by atoms with Gasteiger partial charge in [0, 0.05) is 22.3 Å². The molecule has 0 aliphatic carbocycles. The van der Waals surface area contributed by atoms with Crippen molar-refractivity contribution in [3.05, 3.63) is 27.7 Å². The molecule has 0 amide bonds. The summed E-state index contributed by atoms with van der Waals surface area (Å²) in [7, 11) is -3.00. The lowest BCUT2D eigenvalue weighted by Gasteiger charge is -2.14. The maximum Gasteiger partial charge on any atom is 0.153 e. The van der Waals surface area contributed by atoms with Gasteiger partial charge in [-0.05, 0) is 24.6 Å².